The van der Waals surface area contributed by atoms with Crippen molar-refractivity contribution in [2.75, 3.05) is 9.80 Å². The first-order valence-electron chi connectivity index (χ1n) is 18.2. The van der Waals surface area contributed by atoms with E-state index in [9.17, 15) is 0 Å². The smallest absolute Gasteiger partial charge is 0.137 e. The van der Waals surface area contributed by atoms with Crippen LogP contribution < -0.4 is 9.80 Å². The number of furan rings is 2. The first-order chi connectivity index (χ1) is 26.7. The summed E-state index contributed by atoms with van der Waals surface area (Å²) < 4.78 is 13.0. The van der Waals surface area contributed by atoms with Gasteiger partial charge in [-0.25, -0.2) is 0 Å². The Kier molecular flexibility index (Phi) is 7.77. The highest BCUT2D eigenvalue weighted by molar-refractivity contribution is 6.08. The van der Waals surface area contributed by atoms with Gasteiger partial charge in [-0.2, -0.15) is 0 Å². The Bertz CT molecular complexity index is 2650. The Morgan fingerprint density at radius 3 is 0.907 bits per heavy atom. The summed E-state index contributed by atoms with van der Waals surface area (Å²) in [4.78, 5) is 4.51. The molecule has 0 unspecified atom stereocenters. The fourth-order valence-electron chi connectivity index (χ4n) is 7.45. The fraction of sp³-hybridized carbons (Fsp3) is 0. The van der Waals surface area contributed by atoms with Gasteiger partial charge in [0.1, 0.15) is 22.3 Å². The van der Waals surface area contributed by atoms with Crippen molar-refractivity contribution in [3.05, 3.63) is 205 Å². The molecule has 0 bridgehead atoms. The highest BCUT2D eigenvalue weighted by Crippen LogP contribution is 2.40. The molecule has 4 heteroatoms. The van der Waals surface area contributed by atoms with Crippen molar-refractivity contribution in [2.24, 2.45) is 0 Å². The third kappa shape index (κ3) is 5.76. The Morgan fingerprint density at radius 2 is 0.574 bits per heavy atom. The predicted molar refractivity (Wildman–Crippen MR) is 226 cm³/mol. The van der Waals surface area contributed by atoms with E-state index in [1.54, 1.807) is 0 Å². The van der Waals surface area contributed by atoms with E-state index in [0.29, 0.717) is 0 Å². The summed E-state index contributed by atoms with van der Waals surface area (Å²) in [6.07, 6.45) is 4.26. The zero-order chi connectivity index (χ0) is 35.8. The summed E-state index contributed by atoms with van der Waals surface area (Å²) in [6.45, 7) is 0. The van der Waals surface area contributed by atoms with Gasteiger partial charge in [0.2, 0.25) is 0 Å². The minimum Gasteiger partial charge on any atom is -0.456 e. The summed E-state index contributed by atoms with van der Waals surface area (Å²) in [6, 6.07) is 67.5. The SMILES string of the molecule is C(=Cc1ccc2c(c1)oc1cc(N(c3ccccc3)c3ccccc3)ccc12)c1ccc2c(c1)oc1cc(N(c3ccccc3)c3ccccc3)ccc12. The zero-order valence-corrected chi connectivity index (χ0v) is 29.3. The number of fused-ring (bicyclic) bond motifs is 6. The fourth-order valence-corrected chi connectivity index (χ4v) is 7.45. The molecule has 0 saturated heterocycles. The number of hydrogen-bond acceptors (Lipinski definition) is 4. The molecule has 0 amide bonds. The van der Waals surface area contributed by atoms with Gasteiger partial charge in [0, 0.05) is 67.8 Å². The van der Waals surface area contributed by atoms with Crippen LogP contribution in [0, 0.1) is 0 Å². The van der Waals surface area contributed by atoms with Crippen molar-refractivity contribution in [1.29, 1.82) is 0 Å². The second-order valence-electron chi connectivity index (χ2n) is 13.4. The molecule has 0 aliphatic heterocycles. The second kappa shape index (κ2) is 13.4. The standard InChI is InChI=1S/C50H34N2O2/c1-5-13-37(14-6-1)51(38-15-7-2-8-16-38)41-25-29-45-43-27-23-35(31-47(43)53-49(45)33-41)21-22-36-24-28-44-46-30-26-42(34-50(46)54-48(44)32-36)52(39-17-9-3-10-18-39)40-19-11-4-12-20-40/h1-34H. The number of anilines is 6. The molecule has 0 aliphatic rings. The predicted octanol–water partition coefficient (Wildman–Crippen LogP) is 14.6. The lowest BCUT2D eigenvalue weighted by molar-refractivity contribution is 0.668. The van der Waals surface area contributed by atoms with Gasteiger partial charge in [0.15, 0.2) is 0 Å². The normalized spacial score (nSPS) is 11.6. The molecule has 256 valence electrons. The van der Waals surface area contributed by atoms with Gasteiger partial charge in [-0.05, 0) is 108 Å². The Morgan fingerprint density at radius 1 is 0.278 bits per heavy atom. The Labute approximate surface area is 313 Å². The molecular weight excluding hydrogens is 661 g/mol. The van der Waals surface area contributed by atoms with Gasteiger partial charge in [-0.15, -0.1) is 0 Å². The maximum atomic E-state index is 6.50. The molecule has 0 radical (unpaired) electrons. The molecule has 0 N–H and O–H groups in total. The van der Waals surface area contributed by atoms with Crippen molar-refractivity contribution in [3.63, 3.8) is 0 Å². The van der Waals surface area contributed by atoms with Crippen LogP contribution in [-0.2, 0) is 0 Å². The molecule has 54 heavy (non-hydrogen) atoms. The molecule has 10 rings (SSSR count). The number of nitrogens with zero attached hydrogens (tertiary/aromatic N) is 2. The largest absolute Gasteiger partial charge is 0.456 e. The number of benzene rings is 8. The van der Waals surface area contributed by atoms with Gasteiger partial charge in [-0.3, -0.25) is 0 Å². The van der Waals surface area contributed by atoms with E-state index in [0.717, 1.165) is 89.1 Å². The van der Waals surface area contributed by atoms with Crippen molar-refractivity contribution in [2.45, 2.75) is 0 Å². The van der Waals surface area contributed by atoms with Crippen molar-refractivity contribution in [1.82, 2.24) is 0 Å². The summed E-state index contributed by atoms with van der Waals surface area (Å²) in [5, 5.41) is 4.39. The van der Waals surface area contributed by atoms with Crippen molar-refractivity contribution < 1.29 is 8.83 Å². The average molecular weight is 695 g/mol. The first-order valence-corrected chi connectivity index (χ1v) is 18.2. The summed E-state index contributed by atoms with van der Waals surface area (Å²) in [7, 11) is 0. The van der Waals surface area contributed by atoms with Crippen molar-refractivity contribution >= 4 is 90.2 Å². The van der Waals surface area contributed by atoms with E-state index in [-0.39, 0.29) is 0 Å². The van der Waals surface area contributed by atoms with Gasteiger partial charge in [-0.1, -0.05) is 97.1 Å². The van der Waals surface area contributed by atoms with Crippen LogP contribution in [0.4, 0.5) is 34.1 Å². The van der Waals surface area contributed by atoms with Crippen molar-refractivity contribution in [3.8, 4) is 0 Å². The molecule has 8 aromatic carbocycles. The molecule has 4 nitrogen and oxygen atoms in total. The number of rotatable bonds is 8. The summed E-state index contributed by atoms with van der Waals surface area (Å²) in [5.74, 6) is 0. The van der Waals surface area contributed by atoms with Gasteiger partial charge >= 0.3 is 0 Å². The molecule has 10 aromatic rings. The van der Waals surface area contributed by atoms with Crippen LogP contribution >= 0.6 is 0 Å². The van der Waals surface area contributed by atoms with Crippen LogP contribution in [-0.4, -0.2) is 0 Å². The van der Waals surface area contributed by atoms with Crippen LogP contribution in [0.15, 0.2) is 203 Å². The molecule has 0 saturated carbocycles. The third-order valence-corrected chi connectivity index (χ3v) is 10.0. The number of para-hydroxylation sites is 4. The maximum Gasteiger partial charge on any atom is 0.137 e. The van der Waals surface area contributed by atoms with Gasteiger partial charge < -0.3 is 18.6 Å². The zero-order valence-electron chi connectivity index (χ0n) is 29.3. The van der Waals surface area contributed by atoms with E-state index in [2.05, 4.69) is 192 Å². The molecule has 0 aliphatic carbocycles. The quantitative estimate of drug-likeness (QED) is 0.148. The monoisotopic (exact) mass is 694 g/mol. The Balaban J connectivity index is 0.951. The van der Waals surface area contributed by atoms with Crippen LogP contribution in [0.1, 0.15) is 11.1 Å². The third-order valence-electron chi connectivity index (χ3n) is 10.0. The lowest BCUT2D eigenvalue weighted by atomic mass is 10.1. The summed E-state index contributed by atoms with van der Waals surface area (Å²) >= 11 is 0. The minimum absolute atomic E-state index is 0.856. The maximum absolute atomic E-state index is 6.50. The summed E-state index contributed by atoms with van der Waals surface area (Å²) in [5.41, 5.74) is 12.0. The van der Waals surface area contributed by atoms with Crippen LogP contribution in [0.5, 0.6) is 0 Å². The molecule has 0 fully saturated rings. The van der Waals surface area contributed by atoms with E-state index < -0.39 is 0 Å². The van der Waals surface area contributed by atoms with Gasteiger partial charge in [0.05, 0.1) is 0 Å². The minimum atomic E-state index is 0.856. The highest BCUT2D eigenvalue weighted by atomic mass is 16.3. The molecule has 2 heterocycles. The first kappa shape index (κ1) is 31.4. The molecule has 0 spiro atoms. The van der Waals surface area contributed by atoms with Crippen LogP contribution in [0.2, 0.25) is 0 Å². The average Bonchev–Trinajstić information content (AvgIpc) is 3.78. The van der Waals surface area contributed by atoms with E-state index in [1.807, 2.05) is 24.3 Å². The van der Waals surface area contributed by atoms with Crippen LogP contribution in [0.25, 0.3) is 56.0 Å². The molecular formula is C50H34N2O2. The highest BCUT2D eigenvalue weighted by Gasteiger charge is 2.17. The van der Waals surface area contributed by atoms with Gasteiger partial charge in [0.25, 0.3) is 0 Å². The van der Waals surface area contributed by atoms with Crippen LogP contribution in [0.3, 0.4) is 0 Å². The van der Waals surface area contributed by atoms with E-state index in [1.165, 1.54) is 0 Å². The second-order valence-corrected chi connectivity index (χ2v) is 13.4. The lowest BCUT2D eigenvalue weighted by Gasteiger charge is -2.25. The van der Waals surface area contributed by atoms with E-state index >= 15 is 0 Å². The molecule has 2 aromatic heterocycles. The topological polar surface area (TPSA) is 32.8 Å². The Hall–Kier alpha value is -7.30. The number of hydrogen-bond donors (Lipinski definition) is 0. The lowest BCUT2D eigenvalue weighted by Crippen LogP contribution is -2.09. The molecule has 0 atom stereocenters. The van der Waals surface area contributed by atoms with E-state index in [4.69, 9.17) is 8.83 Å².